The van der Waals surface area contributed by atoms with E-state index in [2.05, 4.69) is 43.5 Å². The first-order chi connectivity index (χ1) is 31.3. The minimum Gasteiger partial charge on any atom is -0.394 e. The molecule has 9 heteroatoms. The van der Waals surface area contributed by atoms with Crippen molar-refractivity contribution in [2.75, 3.05) is 13.2 Å². The van der Waals surface area contributed by atoms with Gasteiger partial charge in [0.1, 0.15) is 24.4 Å². The Balaban J connectivity index is 1.92. The molecule has 1 aliphatic rings. The van der Waals surface area contributed by atoms with Crippen molar-refractivity contribution in [2.45, 2.75) is 307 Å². The van der Waals surface area contributed by atoms with E-state index in [4.69, 9.17) is 9.47 Å². The Labute approximate surface area is 394 Å². The van der Waals surface area contributed by atoms with E-state index in [1.54, 1.807) is 0 Å². The van der Waals surface area contributed by atoms with Crippen molar-refractivity contribution in [3.8, 4) is 0 Å². The lowest BCUT2D eigenvalue weighted by atomic mass is 9.99. The molecule has 0 aromatic heterocycles. The van der Waals surface area contributed by atoms with Crippen LogP contribution in [0.25, 0.3) is 0 Å². The zero-order chi connectivity index (χ0) is 46.6. The second kappa shape index (κ2) is 45.5. The number of amides is 1. The zero-order valence-electron chi connectivity index (χ0n) is 41.8. The Morgan fingerprint density at radius 3 is 1.34 bits per heavy atom. The van der Waals surface area contributed by atoms with Crippen molar-refractivity contribution >= 4 is 5.91 Å². The van der Waals surface area contributed by atoms with Gasteiger partial charge in [0, 0.05) is 6.42 Å². The summed E-state index contributed by atoms with van der Waals surface area (Å²) in [6, 6.07) is -0.711. The van der Waals surface area contributed by atoms with Gasteiger partial charge in [0.25, 0.3) is 0 Å². The fourth-order valence-electron chi connectivity index (χ4n) is 8.90. The predicted octanol–water partition coefficient (Wildman–Crippen LogP) is 13.0. The second-order valence-corrected chi connectivity index (χ2v) is 19.4. The Hall–Kier alpha value is -1.33. The molecule has 7 unspecified atom stereocenters. The standard InChI is InChI=1S/C55H105NO8/c1-3-5-7-9-10-11-12-13-14-15-16-17-18-19-20-21-22-23-24-25-26-27-28-29-30-31-32-33-34-35-36-37-38-39-40-41-43-45-51(59)56-48(49(58)44-42-8-6-4-2)47-63-55-54(62)53(61)52(60)50(46-57)64-55/h12-13,15-16,48-50,52-55,57-58,60-62H,3-11,14,17-47H2,1-2H3,(H,56,59)/b13-12-,16-15-. The van der Waals surface area contributed by atoms with Crippen LogP contribution in [0.3, 0.4) is 0 Å². The number of ether oxygens (including phenoxy) is 2. The number of aliphatic hydroxyl groups is 5. The molecule has 0 aromatic rings. The first-order valence-electron chi connectivity index (χ1n) is 27.5. The minimum atomic E-state index is -1.55. The highest BCUT2D eigenvalue weighted by atomic mass is 16.7. The molecule has 1 heterocycles. The van der Waals surface area contributed by atoms with Gasteiger partial charge in [0.15, 0.2) is 6.29 Å². The Morgan fingerprint density at radius 2 is 0.922 bits per heavy atom. The van der Waals surface area contributed by atoms with Gasteiger partial charge in [0.05, 0.1) is 25.4 Å². The van der Waals surface area contributed by atoms with Crippen molar-refractivity contribution in [3.05, 3.63) is 24.3 Å². The number of rotatable bonds is 47. The molecule has 0 aromatic carbocycles. The number of unbranched alkanes of at least 4 members (excludes halogenated alkanes) is 33. The fraction of sp³-hybridized carbons (Fsp3) is 0.909. The molecule has 64 heavy (non-hydrogen) atoms. The van der Waals surface area contributed by atoms with E-state index in [0.29, 0.717) is 12.8 Å². The molecule has 1 amide bonds. The van der Waals surface area contributed by atoms with Crippen LogP contribution < -0.4 is 5.32 Å². The van der Waals surface area contributed by atoms with Crippen LogP contribution in [0.5, 0.6) is 0 Å². The SMILES string of the molecule is CCCCCCC/C=C\C/C=C\CCCCCCCCCCCCCCCCCCCCCCCCCCCC(=O)NC(COC1OC(CO)C(O)C(O)C1O)C(O)CCCCCC. The first kappa shape index (κ1) is 60.7. The highest BCUT2D eigenvalue weighted by Crippen LogP contribution is 2.23. The topological polar surface area (TPSA) is 149 Å². The summed E-state index contributed by atoms with van der Waals surface area (Å²) < 4.78 is 11.2. The minimum absolute atomic E-state index is 0.138. The van der Waals surface area contributed by atoms with Crippen LogP contribution in [0.15, 0.2) is 24.3 Å². The monoisotopic (exact) mass is 908 g/mol. The average Bonchev–Trinajstić information content (AvgIpc) is 3.29. The van der Waals surface area contributed by atoms with E-state index >= 15 is 0 Å². The molecule has 0 spiro atoms. The molecule has 7 atom stereocenters. The third-order valence-corrected chi connectivity index (χ3v) is 13.3. The van der Waals surface area contributed by atoms with Crippen LogP contribution >= 0.6 is 0 Å². The van der Waals surface area contributed by atoms with Crippen molar-refractivity contribution in [2.24, 2.45) is 0 Å². The van der Waals surface area contributed by atoms with E-state index in [1.807, 2.05) is 0 Å². The van der Waals surface area contributed by atoms with Gasteiger partial charge in [-0.1, -0.05) is 237 Å². The molecule has 1 aliphatic heterocycles. The smallest absolute Gasteiger partial charge is 0.220 e. The van der Waals surface area contributed by atoms with Crippen LogP contribution in [0, 0.1) is 0 Å². The third kappa shape index (κ3) is 34.9. The van der Waals surface area contributed by atoms with Crippen molar-refractivity contribution in [1.82, 2.24) is 5.32 Å². The van der Waals surface area contributed by atoms with Gasteiger partial charge in [-0.2, -0.15) is 0 Å². The Kier molecular flexibility index (Phi) is 43.1. The van der Waals surface area contributed by atoms with Gasteiger partial charge in [-0.15, -0.1) is 0 Å². The number of nitrogens with one attached hydrogen (secondary N) is 1. The van der Waals surface area contributed by atoms with Crippen LogP contribution in [0.1, 0.15) is 264 Å². The maximum absolute atomic E-state index is 12.9. The van der Waals surface area contributed by atoms with Crippen LogP contribution in [-0.2, 0) is 14.3 Å². The largest absolute Gasteiger partial charge is 0.394 e. The summed E-state index contributed by atoms with van der Waals surface area (Å²) in [6.07, 6.45) is 50.3. The number of allylic oxidation sites excluding steroid dienone is 4. The number of aliphatic hydroxyl groups excluding tert-OH is 5. The van der Waals surface area contributed by atoms with Crippen molar-refractivity contribution < 1.29 is 39.8 Å². The molecule has 6 N–H and O–H groups in total. The first-order valence-corrected chi connectivity index (χ1v) is 27.5. The molecule has 1 saturated heterocycles. The quantitative estimate of drug-likeness (QED) is 0.0261. The highest BCUT2D eigenvalue weighted by Gasteiger charge is 2.44. The maximum atomic E-state index is 12.9. The maximum Gasteiger partial charge on any atom is 0.220 e. The molecule has 9 nitrogen and oxygen atoms in total. The molecule has 0 saturated carbocycles. The number of hydrogen-bond donors (Lipinski definition) is 6. The molecular formula is C55H105NO8. The molecule has 0 radical (unpaired) electrons. The van der Waals surface area contributed by atoms with Gasteiger partial charge in [-0.05, 0) is 44.9 Å². The molecule has 378 valence electrons. The predicted molar refractivity (Wildman–Crippen MR) is 267 cm³/mol. The summed E-state index contributed by atoms with van der Waals surface area (Å²) in [6.45, 7) is 3.71. The van der Waals surface area contributed by atoms with E-state index in [0.717, 1.165) is 51.4 Å². The van der Waals surface area contributed by atoms with Gasteiger partial charge in [0.2, 0.25) is 5.91 Å². The Bertz CT molecular complexity index is 1060. The van der Waals surface area contributed by atoms with E-state index in [1.165, 1.54) is 186 Å². The van der Waals surface area contributed by atoms with E-state index < -0.39 is 49.5 Å². The van der Waals surface area contributed by atoms with Crippen molar-refractivity contribution in [1.29, 1.82) is 0 Å². The normalized spacial score (nSPS) is 20.1. The van der Waals surface area contributed by atoms with E-state index in [-0.39, 0.29) is 12.5 Å². The summed E-state index contributed by atoms with van der Waals surface area (Å²) in [4.78, 5) is 12.9. The molecule has 0 aliphatic carbocycles. The molecule has 0 bridgehead atoms. The summed E-state index contributed by atoms with van der Waals surface area (Å²) >= 11 is 0. The van der Waals surface area contributed by atoms with Gasteiger partial charge >= 0.3 is 0 Å². The average molecular weight is 908 g/mol. The molecule has 1 rings (SSSR count). The Morgan fingerprint density at radius 1 is 0.531 bits per heavy atom. The zero-order valence-corrected chi connectivity index (χ0v) is 41.8. The van der Waals surface area contributed by atoms with E-state index in [9.17, 15) is 30.3 Å². The van der Waals surface area contributed by atoms with Gasteiger partial charge < -0.3 is 40.3 Å². The van der Waals surface area contributed by atoms with Gasteiger partial charge in [-0.3, -0.25) is 4.79 Å². The number of carbonyl (C=O) groups excluding carboxylic acids is 1. The van der Waals surface area contributed by atoms with Crippen molar-refractivity contribution in [3.63, 3.8) is 0 Å². The number of carbonyl (C=O) groups is 1. The van der Waals surface area contributed by atoms with Gasteiger partial charge in [-0.25, -0.2) is 0 Å². The highest BCUT2D eigenvalue weighted by molar-refractivity contribution is 5.76. The summed E-state index contributed by atoms with van der Waals surface area (Å²) in [5.74, 6) is -0.149. The molecule has 1 fully saturated rings. The lowest BCUT2D eigenvalue weighted by molar-refractivity contribution is -0.302. The summed E-state index contributed by atoms with van der Waals surface area (Å²) in [7, 11) is 0. The summed E-state index contributed by atoms with van der Waals surface area (Å²) in [5, 5.41) is 53.8. The fourth-order valence-corrected chi connectivity index (χ4v) is 8.90. The lowest BCUT2D eigenvalue weighted by Gasteiger charge is -2.40. The second-order valence-electron chi connectivity index (χ2n) is 19.4. The van der Waals surface area contributed by atoms with Crippen LogP contribution in [0.2, 0.25) is 0 Å². The molecular weight excluding hydrogens is 803 g/mol. The van der Waals surface area contributed by atoms with Crippen LogP contribution in [0.4, 0.5) is 0 Å². The third-order valence-electron chi connectivity index (χ3n) is 13.3. The van der Waals surface area contributed by atoms with Crippen LogP contribution in [-0.4, -0.2) is 87.5 Å². The summed E-state index contributed by atoms with van der Waals surface area (Å²) in [5.41, 5.74) is 0. The number of hydrogen-bond acceptors (Lipinski definition) is 8. The lowest BCUT2D eigenvalue weighted by Crippen LogP contribution is -2.60.